The van der Waals surface area contributed by atoms with E-state index in [2.05, 4.69) is 0 Å². The van der Waals surface area contributed by atoms with Crippen LogP contribution in [0.1, 0.15) is 24.8 Å². The lowest BCUT2D eigenvalue weighted by atomic mass is 10.1. The summed E-state index contributed by atoms with van der Waals surface area (Å²) in [6, 6.07) is 5.38. The van der Waals surface area contributed by atoms with E-state index in [-0.39, 0.29) is 11.8 Å². The van der Waals surface area contributed by atoms with Crippen LogP contribution in [0.25, 0.3) is 0 Å². The molecule has 0 unspecified atom stereocenters. The van der Waals surface area contributed by atoms with Gasteiger partial charge in [-0.2, -0.15) is 13.2 Å². The molecule has 0 aromatic heterocycles. The summed E-state index contributed by atoms with van der Waals surface area (Å²) in [5, 5.41) is 0. The van der Waals surface area contributed by atoms with Gasteiger partial charge in [-0.1, -0.05) is 0 Å². The van der Waals surface area contributed by atoms with Gasteiger partial charge in [0.05, 0.1) is 12.1 Å². The van der Waals surface area contributed by atoms with E-state index in [4.69, 9.17) is 0 Å². The topological polar surface area (TPSA) is 20.3 Å². The zero-order valence-electron chi connectivity index (χ0n) is 10.7. The summed E-state index contributed by atoms with van der Waals surface area (Å²) in [5.41, 5.74) is -0.641. The number of hydrogen-bond acceptors (Lipinski definition) is 3. The molecule has 3 rings (SSSR count). The van der Waals surface area contributed by atoms with E-state index in [1.54, 1.807) is 0 Å². The minimum absolute atomic E-state index is 0.223. The largest absolute Gasteiger partial charge is 0.416 e. The fourth-order valence-corrected chi connectivity index (χ4v) is 3.63. The third kappa shape index (κ3) is 3.01. The van der Waals surface area contributed by atoms with E-state index in [0.717, 1.165) is 29.9 Å². The van der Waals surface area contributed by atoms with Crippen LogP contribution in [0.2, 0.25) is 0 Å². The van der Waals surface area contributed by atoms with Crippen LogP contribution in [-0.2, 0) is 11.0 Å². The zero-order valence-corrected chi connectivity index (χ0v) is 11.5. The summed E-state index contributed by atoms with van der Waals surface area (Å²) >= 11 is 1.40. The maximum Gasteiger partial charge on any atom is 0.416 e. The quantitative estimate of drug-likeness (QED) is 0.793. The molecule has 1 atom stereocenters. The molecule has 1 aromatic rings. The minimum atomic E-state index is -4.30. The average molecular weight is 301 g/mol. The van der Waals surface area contributed by atoms with Gasteiger partial charge in [0, 0.05) is 17.4 Å². The molecule has 6 heteroatoms. The molecular weight excluding hydrogens is 287 g/mol. The molecule has 0 amide bonds. The van der Waals surface area contributed by atoms with E-state index < -0.39 is 11.7 Å². The number of alkyl halides is 3. The molecule has 1 saturated heterocycles. The molecule has 20 heavy (non-hydrogen) atoms. The van der Waals surface area contributed by atoms with Crippen LogP contribution >= 0.6 is 11.9 Å². The Morgan fingerprint density at radius 2 is 1.80 bits per heavy atom. The summed E-state index contributed by atoms with van der Waals surface area (Å²) in [5.74, 6) is 0.810. The summed E-state index contributed by atoms with van der Waals surface area (Å²) < 4.78 is 39.5. The summed E-state index contributed by atoms with van der Waals surface area (Å²) in [4.78, 5) is 12.3. The van der Waals surface area contributed by atoms with Crippen molar-refractivity contribution < 1.29 is 18.0 Å². The summed E-state index contributed by atoms with van der Waals surface area (Å²) in [6.45, 7) is 0.396. The number of carbonyl (C=O) groups excluding carboxylic acids is 1. The van der Waals surface area contributed by atoms with Gasteiger partial charge in [-0.25, -0.2) is 4.31 Å². The zero-order chi connectivity index (χ0) is 14.3. The predicted octanol–water partition coefficient (Wildman–Crippen LogP) is 3.77. The number of ketones is 1. The van der Waals surface area contributed by atoms with Gasteiger partial charge in [0.1, 0.15) is 5.78 Å². The van der Waals surface area contributed by atoms with E-state index in [1.165, 1.54) is 24.1 Å². The normalized spacial score (nSPS) is 24.4. The Bertz CT molecular complexity index is 510. The number of hydrogen-bond donors (Lipinski definition) is 0. The Hall–Kier alpha value is -1.01. The first-order chi connectivity index (χ1) is 9.43. The highest BCUT2D eigenvalue weighted by Gasteiger charge is 2.41. The molecule has 1 aliphatic heterocycles. The first-order valence-electron chi connectivity index (χ1n) is 6.57. The van der Waals surface area contributed by atoms with Crippen LogP contribution in [0.3, 0.4) is 0 Å². The highest BCUT2D eigenvalue weighted by molar-refractivity contribution is 7.97. The molecule has 0 bridgehead atoms. The smallest absolute Gasteiger partial charge is 0.298 e. The van der Waals surface area contributed by atoms with Gasteiger partial charge < -0.3 is 0 Å². The third-order valence-electron chi connectivity index (χ3n) is 3.71. The number of carbonyl (C=O) groups is 1. The lowest BCUT2D eigenvalue weighted by Gasteiger charge is -2.22. The van der Waals surface area contributed by atoms with Crippen LogP contribution in [0.5, 0.6) is 0 Å². The van der Waals surface area contributed by atoms with Crippen molar-refractivity contribution in [3.63, 3.8) is 0 Å². The monoisotopic (exact) mass is 301 g/mol. The average Bonchev–Trinajstić information content (AvgIpc) is 3.14. The molecule has 2 aliphatic rings. The fraction of sp³-hybridized carbons (Fsp3) is 0.500. The van der Waals surface area contributed by atoms with Crippen LogP contribution in [0, 0.1) is 5.92 Å². The van der Waals surface area contributed by atoms with Crippen molar-refractivity contribution in [2.45, 2.75) is 36.4 Å². The molecular formula is C14H14F3NOS. The molecule has 1 heterocycles. The maximum absolute atomic E-state index is 12.5. The van der Waals surface area contributed by atoms with Gasteiger partial charge in [-0.15, -0.1) is 0 Å². The lowest BCUT2D eigenvalue weighted by Crippen LogP contribution is -2.24. The Kier molecular flexibility index (Phi) is 3.54. The molecule has 1 saturated carbocycles. The Morgan fingerprint density at radius 3 is 2.35 bits per heavy atom. The number of rotatable bonds is 3. The van der Waals surface area contributed by atoms with Crippen molar-refractivity contribution in [3.8, 4) is 0 Å². The van der Waals surface area contributed by atoms with Crippen LogP contribution in [-0.4, -0.2) is 22.7 Å². The highest BCUT2D eigenvalue weighted by Crippen LogP contribution is 2.43. The van der Waals surface area contributed by atoms with Crippen molar-refractivity contribution >= 4 is 17.7 Å². The van der Waals surface area contributed by atoms with Crippen molar-refractivity contribution in [2.24, 2.45) is 5.92 Å². The highest BCUT2D eigenvalue weighted by atomic mass is 32.2. The summed E-state index contributed by atoms with van der Waals surface area (Å²) in [6.07, 6.45) is -1.41. The SMILES string of the molecule is O=C1C[C@@H](C2CC2)N(Sc2ccc(C(F)(F)F)cc2)C1. The Morgan fingerprint density at radius 1 is 1.15 bits per heavy atom. The van der Waals surface area contributed by atoms with Crippen LogP contribution in [0.4, 0.5) is 13.2 Å². The van der Waals surface area contributed by atoms with Gasteiger partial charge in [-0.3, -0.25) is 4.79 Å². The molecule has 0 N–H and O–H groups in total. The van der Waals surface area contributed by atoms with Crippen molar-refractivity contribution in [2.75, 3.05) is 6.54 Å². The van der Waals surface area contributed by atoms with Crippen molar-refractivity contribution in [1.29, 1.82) is 0 Å². The molecule has 1 aliphatic carbocycles. The van der Waals surface area contributed by atoms with Gasteiger partial charge in [0.25, 0.3) is 0 Å². The van der Waals surface area contributed by atoms with Crippen LogP contribution in [0.15, 0.2) is 29.2 Å². The molecule has 1 aromatic carbocycles. The molecule has 2 nitrogen and oxygen atoms in total. The molecule has 108 valence electrons. The van der Waals surface area contributed by atoms with E-state index in [9.17, 15) is 18.0 Å². The number of halogens is 3. The maximum atomic E-state index is 12.5. The minimum Gasteiger partial charge on any atom is -0.298 e. The van der Waals surface area contributed by atoms with E-state index in [0.29, 0.717) is 18.9 Å². The predicted molar refractivity (Wildman–Crippen MR) is 70.1 cm³/mol. The lowest BCUT2D eigenvalue weighted by molar-refractivity contribution is -0.137. The number of Topliss-reactive ketones (excluding diaryl/α,β-unsaturated/α-hetero) is 1. The van der Waals surface area contributed by atoms with Crippen molar-refractivity contribution in [3.05, 3.63) is 29.8 Å². The second-order valence-electron chi connectivity index (χ2n) is 5.34. The standard InChI is InChI=1S/C14H14F3NOS/c15-14(16,17)10-3-5-12(6-4-10)20-18-8-11(19)7-13(18)9-1-2-9/h3-6,9,13H,1-2,7-8H2/t13-/m0/s1. The first kappa shape index (κ1) is 13.9. The van der Waals surface area contributed by atoms with Gasteiger partial charge in [0.2, 0.25) is 0 Å². The van der Waals surface area contributed by atoms with Gasteiger partial charge >= 0.3 is 6.18 Å². The van der Waals surface area contributed by atoms with Gasteiger partial charge in [0.15, 0.2) is 0 Å². The van der Waals surface area contributed by atoms with E-state index >= 15 is 0 Å². The first-order valence-corrected chi connectivity index (χ1v) is 7.34. The van der Waals surface area contributed by atoms with E-state index in [1.807, 2.05) is 4.31 Å². The second kappa shape index (κ2) is 5.07. The van der Waals surface area contributed by atoms with Gasteiger partial charge in [-0.05, 0) is 55.0 Å². The van der Waals surface area contributed by atoms with Crippen molar-refractivity contribution in [1.82, 2.24) is 4.31 Å². The third-order valence-corrected chi connectivity index (χ3v) is 4.83. The molecule has 2 fully saturated rings. The number of benzene rings is 1. The fourth-order valence-electron chi connectivity index (χ4n) is 2.51. The Balaban J connectivity index is 1.69. The second-order valence-corrected chi connectivity index (χ2v) is 6.46. The molecule has 0 radical (unpaired) electrons. The Labute approximate surface area is 119 Å². The molecule has 0 spiro atoms. The summed E-state index contributed by atoms with van der Waals surface area (Å²) in [7, 11) is 0. The number of nitrogens with zero attached hydrogens (tertiary/aromatic N) is 1. The van der Waals surface area contributed by atoms with Crippen LogP contribution < -0.4 is 0 Å².